The molecule has 3 heterocycles. The zero-order valence-corrected chi connectivity index (χ0v) is 34.8. The van der Waals surface area contributed by atoms with Gasteiger partial charge in [0.2, 0.25) is 6.79 Å². The summed E-state index contributed by atoms with van der Waals surface area (Å²) in [6.45, 7) is 12.6. The van der Waals surface area contributed by atoms with Crippen molar-refractivity contribution in [1.82, 2.24) is 0 Å². The van der Waals surface area contributed by atoms with Crippen molar-refractivity contribution in [2.24, 2.45) is 17.8 Å². The Balaban J connectivity index is 2.10. The number of Topliss-reactive ketones (excluding diaryl/α,β-unsaturated/α-hetero) is 1. The highest BCUT2D eigenvalue weighted by Crippen LogP contribution is 2.53. The first-order valence-corrected chi connectivity index (χ1v) is 18.8. The molecule has 0 saturated carbocycles. The van der Waals surface area contributed by atoms with Gasteiger partial charge in [-0.05, 0) is 59.3 Å². The number of ether oxygens (including phenoxy) is 5. The third kappa shape index (κ3) is 8.99. The van der Waals surface area contributed by atoms with E-state index in [2.05, 4.69) is 5.32 Å². The maximum absolute atomic E-state index is 14.0. The highest BCUT2D eigenvalue weighted by molar-refractivity contribution is 6.21. The molecule has 0 aromatic heterocycles. The fourth-order valence-corrected chi connectivity index (χ4v) is 7.70. The van der Waals surface area contributed by atoms with Crippen molar-refractivity contribution in [1.29, 1.82) is 0 Å². The van der Waals surface area contributed by atoms with Crippen LogP contribution in [0.2, 0.25) is 0 Å². The van der Waals surface area contributed by atoms with E-state index in [1.165, 1.54) is 73.6 Å². The van der Waals surface area contributed by atoms with Crippen molar-refractivity contribution in [3.8, 4) is 11.5 Å². The lowest BCUT2D eigenvalue weighted by Crippen LogP contribution is -2.55. The second kappa shape index (κ2) is 17.5. The van der Waals surface area contributed by atoms with E-state index in [1.807, 2.05) is 0 Å². The molecule has 322 valence electrons. The van der Waals surface area contributed by atoms with Gasteiger partial charge in [-0.3, -0.25) is 24.0 Å². The van der Waals surface area contributed by atoms with Crippen LogP contribution < -0.4 is 10.1 Å². The minimum Gasteiger partial charge on any atom is -0.505 e. The number of fused-ring (bicyclic) bond motifs is 14. The molecule has 17 heteroatoms. The molecular formula is C42H53NO16. The summed E-state index contributed by atoms with van der Waals surface area (Å²) >= 11 is 0. The zero-order valence-electron chi connectivity index (χ0n) is 34.8. The standard InChI is InChI=1S/C42H53NO16/c1-17-13-12-14-41(9,53)38(59-24(8)45)22(6)32(48)28(40(52)55-11)31(47)21(5)37(50)42(10,54)15-18(2)34-27-25-26(30(46)20(4)35(27)57-16-56-34)33(49)29(43-39(17)51)19(3)36(25)58-23(7)44/h12-15,21-22,28,31-32,37-38,47-50,53-54H,16H2,1-11H3,(H,43,51)/b14-12-,17-13+,18-15+/t21-,22-,28-,31+,32+,37+,38-,41+,42+/m0/s1. The molecule has 7 N–H and O–H groups in total. The first kappa shape index (κ1) is 46.4. The molecule has 1 aliphatic carbocycles. The van der Waals surface area contributed by atoms with Crippen LogP contribution in [0.4, 0.5) is 5.69 Å². The van der Waals surface area contributed by atoms with Gasteiger partial charge in [-0.2, -0.15) is 0 Å². The lowest BCUT2D eigenvalue weighted by atomic mass is 9.74. The number of phenolic OH excluding ortho intramolecular Hbond substituents is 1. The third-order valence-electron chi connectivity index (χ3n) is 10.9. The smallest absolute Gasteiger partial charge is 0.313 e. The van der Waals surface area contributed by atoms with Crippen LogP contribution in [-0.2, 0) is 38.1 Å². The molecule has 9 atom stereocenters. The monoisotopic (exact) mass is 827 g/mol. The van der Waals surface area contributed by atoms with Crippen molar-refractivity contribution in [3.63, 3.8) is 0 Å². The average Bonchev–Trinajstić information content (AvgIpc) is 3.16. The molecule has 1 amide bonds. The van der Waals surface area contributed by atoms with Crippen LogP contribution in [0.5, 0.6) is 11.5 Å². The largest absolute Gasteiger partial charge is 0.505 e. The highest BCUT2D eigenvalue weighted by atomic mass is 16.7. The number of amides is 1. The summed E-state index contributed by atoms with van der Waals surface area (Å²) in [5.41, 5.74) is -4.97. The van der Waals surface area contributed by atoms with E-state index in [-0.39, 0.29) is 61.9 Å². The normalized spacial score (nSPS) is 33.0. The van der Waals surface area contributed by atoms with Crippen molar-refractivity contribution in [2.45, 2.75) is 105 Å². The second-order valence-electron chi connectivity index (χ2n) is 15.6. The van der Waals surface area contributed by atoms with Gasteiger partial charge in [0, 0.05) is 48.0 Å². The average molecular weight is 828 g/mol. The minimum atomic E-state index is -2.25. The number of anilines is 1. The molecule has 0 radical (unpaired) electrons. The number of allylic oxidation sites excluding steroid dienone is 5. The number of aliphatic hydroxyl groups excluding tert-OH is 3. The van der Waals surface area contributed by atoms with Gasteiger partial charge in [-0.25, -0.2) is 0 Å². The SMILES string of the molecule is COC(=O)[C@H]1[C@H](O)[C@H](C)[C@@H](O)[C@](C)(O)/C=C(\C)C2=C3C(=C(C)C(=O)c4c(O)c(c(C)c(OC(C)=O)c43)NC(=O)/C(C)=C/C=C\[C@@](C)(O)[C@@H](OC(C)=O)[C@@H](C)[C@H]1O)OCO2. The number of phenols is 1. The number of nitrogens with one attached hydrogen (secondary N) is 1. The number of hydrogen-bond acceptors (Lipinski definition) is 16. The van der Waals surface area contributed by atoms with Crippen LogP contribution in [0.3, 0.4) is 0 Å². The number of hydrogen-bond donors (Lipinski definition) is 7. The molecule has 0 saturated heterocycles. The number of aromatic hydroxyl groups is 1. The topological polar surface area (TPSA) is 265 Å². The molecule has 5 rings (SSSR count). The third-order valence-corrected chi connectivity index (χ3v) is 10.9. The molecule has 0 fully saturated rings. The Hall–Kier alpha value is -5.33. The fraction of sp³-hybridized carbons (Fsp3) is 0.500. The lowest BCUT2D eigenvalue weighted by Gasteiger charge is -2.41. The number of carbonyl (C=O) groups is 5. The van der Waals surface area contributed by atoms with E-state index >= 15 is 0 Å². The van der Waals surface area contributed by atoms with Gasteiger partial charge in [-0.1, -0.05) is 26.0 Å². The Morgan fingerprint density at radius 2 is 1.46 bits per heavy atom. The molecule has 0 unspecified atom stereocenters. The van der Waals surface area contributed by atoms with Crippen LogP contribution in [0.15, 0.2) is 52.5 Å². The van der Waals surface area contributed by atoms with Gasteiger partial charge in [0.15, 0.2) is 11.5 Å². The highest BCUT2D eigenvalue weighted by Gasteiger charge is 2.49. The van der Waals surface area contributed by atoms with Crippen LogP contribution >= 0.6 is 0 Å². The zero-order chi connectivity index (χ0) is 44.6. The summed E-state index contributed by atoms with van der Waals surface area (Å²) in [5, 5.41) is 72.8. The van der Waals surface area contributed by atoms with E-state index in [9.17, 15) is 54.6 Å². The molecule has 4 aliphatic rings. The predicted octanol–water partition coefficient (Wildman–Crippen LogP) is 2.79. The molecule has 59 heavy (non-hydrogen) atoms. The van der Waals surface area contributed by atoms with Gasteiger partial charge < -0.3 is 59.6 Å². The maximum atomic E-state index is 14.0. The fourth-order valence-electron chi connectivity index (χ4n) is 7.70. The van der Waals surface area contributed by atoms with Gasteiger partial charge in [0.25, 0.3) is 5.91 Å². The first-order chi connectivity index (χ1) is 27.3. The lowest BCUT2D eigenvalue weighted by molar-refractivity contribution is -0.180. The summed E-state index contributed by atoms with van der Waals surface area (Å²) < 4.78 is 27.8. The van der Waals surface area contributed by atoms with Crippen LogP contribution in [0.1, 0.15) is 83.8 Å². The van der Waals surface area contributed by atoms with E-state index in [0.29, 0.717) is 0 Å². The molecule has 17 nitrogen and oxygen atoms in total. The van der Waals surface area contributed by atoms with Crippen LogP contribution in [0.25, 0.3) is 5.57 Å². The number of methoxy groups -OCH3 is 1. The number of ketones is 1. The maximum Gasteiger partial charge on any atom is 0.313 e. The second-order valence-corrected chi connectivity index (χ2v) is 15.6. The quantitative estimate of drug-likeness (QED) is 0.131. The summed E-state index contributed by atoms with van der Waals surface area (Å²) in [6.07, 6.45) is -2.43. The summed E-state index contributed by atoms with van der Waals surface area (Å²) in [7, 11) is 1.01. The van der Waals surface area contributed by atoms with E-state index in [1.54, 1.807) is 0 Å². The number of benzene rings is 1. The molecule has 1 aromatic rings. The van der Waals surface area contributed by atoms with Gasteiger partial charge in [0.05, 0.1) is 42.2 Å². The minimum absolute atomic E-state index is 0.00215. The van der Waals surface area contributed by atoms with Gasteiger partial charge >= 0.3 is 17.9 Å². The van der Waals surface area contributed by atoms with E-state index in [0.717, 1.165) is 27.0 Å². The van der Waals surface area contributed by atoms with Gasteiger partial charge in [0.1, 0.15) is 40.5 Å². The number of esters is 3. The number of aliphatic hydroxyl groups is 5. The molecule has 0 spiro atoms. The Morgan fingerprint density at radius 1 is 0.864 bits per heavy atom. The number of rotatable bonds is 3. The summed E-state index contributed by atoms with van der Waals surface area (Å²) in [4.78, 5) is 65.8. The summed E-state index contributed by atoms with van der Waals surface area (Å²) in [6, 6.07) is 0. The van der Waals surface area contributed by atoms with Crippen molar-refractivity contribution < 1.29 is 78.3 Å². The Kier molecular flexibility index (Phi) is 13.7. The molecular weight excluding hydrogens is 774 g/mol. The number of carbonyl (C=O) groups excluding carboxylic acids is 5. The molecule has 1 aromatic carbocycles. The van der Waals surface area contributed by atoms with Crippen LogP contribution in [0, 0.1) is 24.7 Å². The van der Waals surface area contributed by atoms with E-state index < -0.39 is 95.5 Å². The Bertz CT molecular complexity index is 2090. The molecule has 4 bridgehead atoms. The molecule has 3 aliphatic heterocycles. The van der Waals surface area contributed by atoms with Crippen molar-refractivity contribution in [2.75, 3.05) is 19.2 Å². The Morgan fingerprint density at radius 3 is 2.03 bits per heavy atom. The first-order valence-electron chi connectivity index (χ1n) is 18.8. The predicted molar refractivity (Wildman–Crippen MR) is 209 cm³/mol. The Labute approximate surface area is 341 Å². The van der Waals surface area contributed by atoms with Crippen LogP contribution in [-0.4, -0.2) is 110 Å². The van der Waals surface area contributed by atoms with Crippen molar-refractivity contribution >= 4 is 40.9 Å². The van der Waals surface area contributed by atoms with Crippen molar-refractivity contribution in [3.05, 3.63) is 69.2 Å². The van der Waals surface area contributed by atoms with E-state index in [4.69, 9.17) is 23.7 Å². The van der Waals surface area contributed by atoms with Gasteiger partial charge in [-0.15, -0.1) is 0 Å². The summed E-state index contributed by atoms with van der Waals surface area (Å²) in [5.74, 6) is -9.88.